The van der Waals surface area contributed by atoms with Crippen molar-refractivity contribution in [2.45, 2.75) is 56.2 Å². The highest BCUT2D eigenvalue weighted by atomic mass is 32.2. The highest BCUT2D eigenvalue weighted by Gasteiger charge is 2.31. The number of nitrogens with zero attached hydrogens (tertiary/aromatic N) is 2. The van der Waals surface area contributed by atoms with Crippen molar-refractivity contribution < 1.29 is 28.3 Å². The molecule has 33 heavy (non-hydrogen) atoms. The molecule has 1 aromatic heterocycles. The topological polar surface area (TPSA) is 65.8 Å². The summed E-state index contributed by atoms with van der Waals surface area (Å²) in [6.07, 6.45) is -2.61. The van der Waals surface area contributed by atoms with E-state index in [1.54, 1.807) is 24.0 Å². The predicted octanol–water partition coefficient (Wildman–Crippen LogP) is 7.36. The molecule has 0 unspecified atom stereocenters. The van der Waals surface area contributed by atoms with E-state index in [1.165, 1.54) is 37.3 Å². The van der Waals surface area contributed by atoms with Gasteiger partial charge in [0.2, 0.25) is 5.72 Å². The lowest BCUT2D eigenvalue weighted by molar-refractivity contribution is -0.395. The zero-order chi connectivity index (χ0) is 24.6. The summed E-state index contributed by atoms with van der Waals surface area (Å²) in [6.45, 7) is 9.03. The van der Waals surface area contributed by atoms with Gasteiger partial charge < -0.3 is 4.74 Å². The molecule has 1 heterocycles. The standard InChI is InChI=1S/C23H25F3N2O3S2/c1-14-12-17(10-11-18(14)31-22(4,5)28(29)30)33-21(2,3)19-13-27-20(32-19)15-6-8-16(9-7-15)23(24,25)26/h6-13,29-30H,1-5H3. The van der Waals surface area contributed by atoms with Gasteiger partial charge in [-0.1, -0.05) is 12.1 Å². The maximum absolute atomic E-state index is 12.8. The van der Waals surface area contributed by atoms with Crippen LogP contribution in [0.5, 0.6) is 5.75 Å². The molecule has 0 fully saturated rings. The SMILES string of the molecule is Cc1cc(SC(C)(C)c2cnc(-c3ccc(C(F)(F)F)cc3)s2)ccc1OC(C)(C)N(O)O. The van der Waals surface area contributed by atoms with Gasteiger partial charge in [-0.15, -0.1) is 23.1 Å². The van der Waals surface area contributed by atoms with E-state index < -0.39 is 17.5 Å². The Labute approximate surface area is 198 Å². The Balaban J connectivity index is 1.76. The highest BCUT2D eigenvalue weighted by molar-refractivity contribution is 8.00. The molecule has 10 heteroatoms. The molecule has 0 radical (unpaired) electrons. The summed E-state index contributed by atoms with van der Waals surface area (Å²) in [7, 11) is 0. The number of thioether (sulfide) groups is 1. The average molecular weight is 499 g/mol. The quantitative estimate of drug-likeness (QED) is 0.202. The van der Waals surface area contributed by atoms with E-state index in [0.717, 1.165) is 27.5 Å². The van der Waals surface area contributed by atoms with Gasteiger partial charge in [0.25, 0.3) is 0 Å². The number of alkyl halides is 3. The molecule has 0 atom stereocenters. The van der Waals surface area contributed by atoms with E-state index in [4.69, 9.17) is 4.74 Å². The first-order chi connectivity index (χ1) is 15.2. The molecule has 0 amide bonds. The lowest BCUT2D eigenvalue weighted by Gasteiger charge is -2.30. The van der Waals surface area contributed by atoms with E-state index in [1.807, 2.05) is 19.1 Å². The molecule has 0 spiro atoms. The third-order valence-electron chi connectivity index (χ3n) is 4.92. The van der Waals surface area contributed by atoms with Crippen LogP contribution in [0.3, 0.4) is 0 Å². The van der Waals surface area contributed by atoms with Crippen molar-refractivity contribution >= 4 is 23.1 Å². The number of hydroxylamine groups is 2. The number of halogens is 3. The second-order valence-corrected chi connectivity index (χ2v) is 11.2. The van der Waals surface area contributed by atoms with E-state index in [9.17, 15) is 23.6 Å². The van der Waals surface area contributed by atoms with Crippen LogP contribution in [0.2, 0.25) is 0 Å². The van der Waals surface area contributed by atoms with Crippen molar-refractivity contribution in [3.8, 4) is 16.3 Å². The van der Waals surface area contributed by atoms with Gasteiger partial charge in [0.15, 0.2) is 0 Å². The van der Waals surface area contributed by atoms with Crippen molar-refractivity contribution in [2.75, 3.05) is 0 Å². The second kappa shape index (κ2) is 9.27. The first-order valence-corrected chi connectivity index (χ1v) is 11.6. The predicted molar refractivity (Wildman–Crippen MR) is 123 cm³/mol. The Morgan fingerprint density at radius 2 is 1.64 bits per heavy atom. The number of benzene rings is 2. The van der Waals surface area contributed by atoms with E-state index >= 15 is 0 Å². The molecular weight excluding hydrogens is 473 g/mol. The number of rotatable bonds is 7. The molecule has 0 aliphatic heterocycles. The van der Waals surface area contributed by atoms with Crippen LogP contribution in [0.15, 0.2) is 53.6 Å². The zero-order valence-corrected chi connectivity index (χ0v) is 20.4. The Kier molecular flexibility index (Phi) is 7.16. The van der Waals surface area contributed by atoms with E-state index in [2.05, 4.69) is 18.8 Å². The lowest BCUT2D eigenvalue weighted by Crippen LogP contribution is -2.44. The Bertz CT molecular complexity index is 1110. The maximum atomic E-state index is 12.8. The van der Waals surface area contributed by atoms with Crippen molar-refractivity contribution in [3.63, 3.8) is 0 Å². The minimum absolute atomic E-state index is 0.0241. The van der Waals surface area contributed by atoms with E-state index in [0.29, 0.717) is 16.3 Å². The molecule has 178 valence electrons. The van der Waals surface area contributed by atoms with Crippen LogP contribution < -0.4 is 4.74 Å². The molecular formula is C23H25F3N2O3S2. The van der Waals surface area contributed by atoms with Crippen molar-refractivity contribution in [2.24, 2.45) is 0 Å². The largest absolute Gasteiger partial charge is 0.468 e. The third-order valence-corrected chi connectivity index (χ3v) is 7.64. The van der Waals surface area contributed by atoms with Gasteiger partial charge in [0.05, 0.1) is 10.3 Å². The molecule has 0 aliphatic rings. The van der Waals surface area contributed by atoms with Crippen LogP contribution in [0.1, 0.15) is 43.7 Å². The normalized spacial score (nSPS) is 12.9. The van der Waals surface area contributed by atoms with Crippen molar-refractivity contribution in [1.29, 1.82) is 0 Å². The number of thiazole rings is 1. The Morgan fingerprint density at radius 1 is 1.00 bits per heavy atom. The summed E-state index contributed by atoms with van der Waals surface area (Å²) in [5, 5.41) is 19.3. The maximum Gasteiger partial charge on any atom is 0.416 e. The lowest BCUT2D eigenvalue weighted by atomic mass is 10.1. The fraction of sp³-hybridized carbons (Fsp3) is 0.348. The van der Waals surface area contributed by atoms with Gasteiger partial charge in [0, 0.05) is 21.5 Å². The number of hydrogen-bond acceptors (Lipinski definition) is 7. The fourth-order valence-corrected chi connectivity index (χ4v) is 5.23. The van der Waals surface area contributed by atoms with Crippen LogP contribution in [0.4, 0.5) is 13.2 Å². The van der Waals surface area contributed by atoms with Gasteiger partial charge in [-0.25, -0.2) is 4.98 Å². The zero-order valence-electron chi connectivity index (χ0n) is 18.8. The molecule has 3 rings (SSSR count). The number of ether oxygens (including phenoxy) is 1. The van der Waals surface area contributed by atoms with Crippen LogP contribution >= 0.6 is 23.1 Å². The fourth-order valence-electron chi connectivity index (χ4n) is 2.94. The second-order valence-electron chi connectivity index (χ2n) is 8.48. The van der Waals surface area contributed by atoms with Crippen LogP contribution in [0.25, 0.3) is 10.6 Å². The molecule has 2 aromatic carbocycles. The summed E-state index contributed by atoms with van der Waals surface area (Å²) >= 11 is 3.06. The monoisotopic (exact) mass is 498 g/mol. The molecule has 0 saturated carbocycles. The first-order valence-electron chi connectivity index (χ1n) is 10.00. The Hall–Kier alpha value is -2.11. The summed E-state index contributed by atoms with van der Waals surface area (Å²) in [5.74, 6) is 0.526. The molecule has 0 aliphatic carbocycles. The number of hydrogen-bond donors (Lipinski definition) is 2. The van der Waals surface area contributed by atoms with Gasteiger partial charge in [-0.3, -0.25) is 10.4 Å². The average Bonchev–Trinajstić information content (AvgIpc) is 3.20. The van der Waals surface area contributed by atoms with Gasteiger partial charge >= 0.3 is 6.18 Å². The smallest absolute Gasteiger partial charge is 0.416 e. The van der Waals surface area contributed by atoms with E-state index in [-0.39, 0.29) is 9.97 Å². The summed E-state index contributed by atoms with van der Waals surface area (Å²) < 4.78 is 43.8. The van der Waals surface area contributed by atoms with Crippen LogP contribution in [-0.2, 0) is 10.9 Å². The van der Waals surface area contributed by atoms with Gasteiger partial charge in [-0.05, 0) is 75.7 Å². The van der Waals surface area contributed by atoms with Gasteiger partial charge in [0.1, 0.15) is 10.8 Å². The minimum atomic E-state index is -4.37. The van der Waals surface area contributed by atoms with Gasteiger partial charge in [-0.2, -0.15) is 13.2 Å². The number of aryl methyl sites for hydroxylation is 1. The summed E-state index contributed by atoms with van der Waals surface area (Å²) in [4.78, 5) is 6.39. The van der Waals surface area contributed by atoms with Crippen LogP contribution in [-0.4, -0.2) is 26.3 Å². The number of aromatic nitrogens is 1. The molecule has 0 saturated heterocycles. The van der Waals surface area contributed by atoms with Crippen molar-refractivity contribution in [1.82, 2.24) is 10.2 Å². The molecule has 0 bridgehead atoms. The Morgan fingerprint density at radius 3 is 2.18 bits per heavy atom. The summed E-state index contributed by atoms with van der Waals surface area (Å²) in [6, 6.07) is 10.6. The minimum Gasteiger partial charge on any atom is -0.468 e. The third kappa shape index (κ3) is 6.07. The first kappa shape index (κ1) is 25.5. The molecule has 5 nitrogen and oxygen atoms in total. The summed E-state index contributed by atoms with van der Waals surface area (Å²) in [5.41, 5.74) is -0.520. The molecule has 2 N–H and O–H groups in total. The van der Waals surface area contributed by atoms with Crippen LogP contribution in [0, 0.1) is 6.92 Å². The van der Waals surface area contributed by atoms with Crippen molar-refractivity contribution in [3.05, 3.63) is 64.7 Å². The molecule has 3 aromatic rings. The highest BCUT2D eigenvalue weighted by Crippen LogP contribution is 2.45.